The van der Waals surface area contributed by atoms with E-state index < -0.39 is 0 Å². The van der Waals surface area contributed by atoms with E-state index in [1.807, 2.05) is 36.4 Å². The van der Waals surface area contributed by atoms with Gasteiger partial charge in [-0.1, -0.05) is 0 Å². The van der Waals surface area contributed by atoms with Crippen LogP contribution in [0.15, 0.2) is 36.4 Å². The largest absolute Gasteiger partial charge is 0.454 e. The molecule has 0 saturated heterocycles. The van der Waals surface area contributed by atoms with Crippen molar-refractivity contribution in [1.29, 1.82) is 0 Å². The fourth-order valence-electron chi connectivity index (χ4n) is 2.72. The average Bonchev–Trinajstić information content (AvgIpc) is 3.11. The Labute approximate surface area is 127 Å². The number of hydrogen-bond acceptors (Lipinski definition) is 5. The number of aromatic nitrogens is 2. The molecule has 0 saturated carbocycles. The number of rotatable bonds is 3. The molecule has 6 heteroatoms. The van der Waals surface area contributed by atoms with E-state index in [1.54, 1.807) is 0 Å². The second kappa shape index (κ2) is 4.92. The van der Waals surface area contributed by atoms with E-state index in [0.29, 0.717) is 13.1 Å². The summed E-state index contributed by atoms with van der Waals surface area (Å²) in [5.74, 6) is 2.34. The molecule has 1 aliphatic rings. The highest BCUT2D eigenvalue weighted by Gasteiger charge is 2.19. The number of nitrogen functional groups attached to an aromatic ring is 1. The van der Waals surface area contributed by atoms with Crippen LogP contribution in [0, 0.1) is 0 Å². The monoisotopic (exact) mass is 296 g/mol. The molecule has 0 atom stereocenters. The Bertz CT molecular complexity index is 839. The quantitative estimate of drug-likeness (QED) is 0.721. The zero-order valence-electron chi connectivity index (χ0n) is 12.0. The molecule has 0 fully saturated rings. The van der Waals surface area contributed by atoms with Crippen molar-refractivity contribution in [2.24, 2.45) is 5.73 Å². The van der Waals surface area contributed by atoms with Gasteiger partial charge in [-0.25, -0.2) is 4.98 Å². The lowest BCUT2D eigenvalue weighted by Crippen LogP contribution is -2.11. The molecular formula is C16H16N4O2. The summed E-state index contributed by atoms with van der Waals surface area (Å²) in [5, 5.41) is 0. The maximum absolute atomic E-state index is 5.77. The first-order valence-corrected chi connectivity index (χ1v) is 7.12. The van der Waals surface area contributed by atoms with E-state index in [-0.39, 0.29) is 6.79 Å². The minimum absolute atomic E-state index is 0.254. The summed E-state index contributed by atoms with van der Waals surface area (Å²) in [4.78, 5) is 4.74. The highest BCUT2D eigenvalue weighted by molar-refractivity contribution is 5.84. The van der Waals surface area contributed by atoms with E-state index in [0.717, 1.165) is 39.6 Å². The van der Waals surface area contributed by atoms with Crippen LogP contribution in [-0.4, -0.2) is 22.9 Å². The summed E-state index contributed by atoms with van der Waals surface area (Å²) in [5.41, 5.74) is 15.1. The van der Waals surface area contributed by atoms with E-state index in [4.69, 9.17) is 25.9 Å². The van der Waals surface area contributed by atoms with Gasteiger partial charge in [-0.2, -0.15) is 0 Å². The van der Waals surface area contributed by atoms with Crippen molar-refractivity contribution in [3.05, 3.63) is 36.4 Å². The number of nitrogens with two attached hydrogens (primary N) is 2. The van der Waals surface area contributed by atoms with Crippen LogP contribution in [0.25, 0.3) is 22.4 Å². The van der Waals surface area contributed by atoms with Crippen LogP contribution in [0.4, 0.5) is 5.69 Å². The fourth-order valence-corrected chi connectivity index (χ4v) is 2.72. The van der Waals surface area contributed by atoms with Gasteiger partial charge in [0, 0.05) is 36.5 Å². The first-order chi connectivity index (χ1) is 10.8. The number of anilines is 1. The van der Waals surface area contributed by atoms with Gasteiger partial charge in [-0.15, -0.1) is 0 Å². The predicted octanol–water partition coefficient (Wildman–Crippen LogP) is 1.97. The summed E-state index contributed by atoms with van der Waals surface area (Å²) < 4.78 is 13.0. The van der Waals surface area contributed by atoms with Crippen LogP contribution < -0.4 is 20.9 Å². The number of ether oxygens (including phenoxy) is 2. The molecule has 22 heavy (non-hydrogen) atoms. The number of imidazole rings is 1. The van der Waals surface area contributed by atoms with Crippen molar-refractivity contribution in [3.63, 3.8) is 0 Å². The lowest BCUT2D eigenvalue weighted by Gasteiger charge is -2.08. The molecule has 2 aromatic carbocycles. The molecule has 1 aromatic heterocycles. The highest BCUT2D eigenvalue weighted by Crippen LogP contribution is 2.37. The highest BCUT2D eigenvalue weighted by atomic mass is 16.7. The summed E-state index contributed by atoms with van der Waals surface area (Å²) >= 11 is 0. The molecule has 3 aromatic rings. The number of fused-ring (bicyclic) bond motifs is 2. The van der Waals surface area contributed by atoms with Crippen molar-refractivity contribution in [2.45, 2.75) is 6.54 Å². The van der Waals surface area contributed by atoms with Gasteiger partial charge in [-0.05, 0) is 24.3 Å². The minimum Gasteiger partial charge on any atom is -0.454 e. The molecular weight excluding hydrogens is 280 g/mol. The second-order valence-corrected chi connectivity index (χ2v) is 5.19. The standard InChI is InChI=1S/C16H16N4O2/c17-5-6-20-13-8-15-14(21-9-22-15)7-12(13)19-16(20)10-1-3-11(18)4-2-10/h1-4,7-8H,5-6,9,17-18H2. The molecule has 6 nitrogen and oxygen atoms in total. The van der Waals surface area contributed by atoms with Crippen molar-refractivity contribution in [1.82, 2.24) is 9.55 Å². The molecule has 2 heterocycles. The molecule has 4 rings (SSSR count). The van der Waals surface area contributed by atoms with Gasteiger partial charge >= 0.3 is 0 Å². The molecule has 4 N–H and O–H groups in total. The smallest absolute Gasteiger partial charge is 0.231 e. The Hall–Kier alpha value is -2.73. The molecule has 0 unspecified atom stereocenters. The van der Waals surface area contributed by atoms with Gasteiger partial charge in [0.05, 0.1) is 11.0 Å². The molecule has 0 amide bonds. The van der Waals surface area contributed by atoms with Crippen LogP contribution in [0.3, 0.4) is 0 Å². The minimum atomic E-state index is 0.254. The summed E-state index contributed by atoms with van der Waals surface area (Å²) in [6.07, 6.45) is 0. The number of hydrogen-bond donors (Lipinski definition) is 2. The number of nitrogens with zero attached hydrogens (tertiary/aromatic N) is 2. The third-order valence-electron chi connectivity index (χ3n) is 3.76. The second-order valence-electron chi connectivity index (χ2n) is 5.19. The maximum atomic E-state index is 5.77. The van der Waals surface area contributed by atoms with Crippen molar-refractivity contribution < 1.29 is 9.47 Å². The van der Waals surface area contributed by atoms with Crippen molar-refractivity contribution in [3.8, 4) is 22.9 Å². The SMILES string of the molecule is NCCn1c(-c2ccc(N)cc2)nc2cc3c(cc21)OCO3. The van der Waals surface area contributed by atoms with Crippen LogP contribution in [0.1, 0.15) is 0 Å². The van der Waals surface area contributed by atoms with Gasteiger partial charge < -0.3 is 25.5 Å². The number of benzene rings is 2. The first kappa shape index (κ1) is 13.0. The average molecular weight is 296 g/mol. The Morgan fingerprint density at radius 3 is 2.55 bits per heavy atom. The zero-order chi connectivity index (χ0) is 15.1. The third-order valence-corrected chi connectivity index (χ3v) is 3.76. The lowest BCUT2D eigenvalue weighted by molar-refractivity contribution is 0.174. The first-order valence-electron chi connectivity index (χ1n) is 7.12. The summed E-state index contributed by atoms with van der Waals surface area (Å²) in [7, 11) is 0. The zero-order valence-corrected chi connectivity index (χ0v) is 12.0. The topological polar surface area (TPSA) is 88.3 Å². The Morgan fingerprint density at radius 1 is 1.09 bits per heavy atom. The lowest BCUT2D eigenvalue weighted by atomic mass is 10.2. The van der Waals surface area contributed by atoms with Gasteiger partial charge in [0.25, 0.3) is 0 Å². The van der Waals surface area contributed by atoms with E-state index >= 15 is 0 Å². The summed E-state index contributed by atoms with van der Waals surface area (Å²) in [6, 6.07) is 11.5. The summed E-state index contributed by atoms with van der Waals surface area (Å²) in [6.45, 7) is 1.46. The molecule has 0 radical (unpaired) electrons. The van der Waals surface area contributed by atoms with Crippen LogP contribution in [0.5, 0.6) is 11.5 Å². The van der Waals surface area contributed by atoms with Gasteiger partial charge in [-0.3, -0.25) is 0 Å². The Kier molecular flexibility index (Phi) is 2.90. The van der Waals surface area contributed by atoms with Crippen molar-refractivity contribution >= 4 is 16.7 Å². The normalized spacial score (nSPS) is 13.0. The molecule has 0 bridgehead atoms. The predicted molar refractivity (Wildman–Crippen MR) is 84.8 cm³/mol. The molecule has 112 valence electrons. The van der Waals surface area contributed by atoms with Gasteiger partial charge in [0.2, 0.25) is 6.79 Å². The fraction of sp³-hybridized carbons (Fsp3) is 0.188. The van der Waals surface area contributed by atoms with Gasteiger partial charge in [0.1, 0.15) is 5.82 Å². The van der Waals surface area contributed by atoms with E-state index in [2.05, 4.69) is 4.57 Å². The third kappa shape index (κ3) is 1.96. The van der Waals surface area contributed by atoms with E-state index in [1.165, 1.54) is 0 Å². The van der Waals surface area contributed by atoms with E-state index in [9.17, 15) is 0 Å². The Balaban J connectivity index is 1.93. The van der Waals surface area contributed by atoms with Crippen LogP contribution in [-0.2, 0) is 6.54 Å². The van der Waals surface area contributed by atoms with Crippen LogP contribution in [0.2, 0.25) is 0 Å². The van der Waals surface area contributed by atoms with Gasteiger partial charge in [0.15, 0.2) is 11.5 Å². The molecule has 0 spiro atoms. The molecule has 0 aliphatic carbocycles. The van der Waals surface area contributed by atoms with Crippen molar-refractivity contribution in [2.75, 3.05) is 19.1 Å². The Morgan fingerprint density at radius 2 is 1.82 bits per heavy atom. The molecule has 1 aliphatic heterocycles. The maximum Gasteiger partial charge on any atom is 0.231 e. The van der Waals surface area contributed by atoms with Crippen LogP contribution >= 0.6 is 0 Å².